The average molecular weight is 426 g/mol. The summed E-state index contributed by atoms with van der Waals surface area (Å²) >= 11 is 0. The van der Waals surface area contributed by atoms with Gasteiger partial charge in [0.05, 0.1) is 22.8 Å². The number of rotatable bonds is 3. The third kappa shape index (κ3) is 3.87. The van der Waals surface area contributed by atoms with Gasteiger partial charge in [-0.15, -0.1) is 0 Å². The van der Waals surface area contributed by atoms with Crippen molar-refractivity contribution in [2.75, 3.05) is 24.5 Å². The minimum Gasteiger partial charge on any atom is -0.355 e. The molecule has 0 unspecified atom stereocenters. The summed E-state index contributed by atoms with van der Waals surface area (Å²) in [4.78, 5) is 13.8. The molecule has 0 saturated carbocycles. The predicted molar refractivity (Wildman–Crippen MR) is 115 cm³/mol. The largest absolute Gasteiger partial charge is 0.416 e. The highest BCUT2D eigenvalue weighted by Gasteiger charge is 2.44. The molecule has 5 rings (SSSR count). The van der Waals surface area contributed by atoms with Crippen molar-refractivity contribution in [3.05, 3.63) is 65.9 Å². The zero-order valence-electron chi connectivity index (χ0n) is 17.3. The van der Waals surface area contributed by atoms with Crippen LogP contribution in [0.3, 0.4) is 0 Å². The van der Waals surface area contributed by atoms with Crippen LogP contribution in [-0.4, -0.2) is 40.0 Å². The Morgan fingerprint density at radius 3 is 2.35 bits per heavy atom. The third-order valence-electron chi connectivity index (χ3n) is 6.88. The lowest BCUT2D eigenvalue weighted by atomic mass is 9.84. The quantitative estimate of drug-likeness (QED) is 0.570. The zero-order valence-corrected chi connectivity index (χ0v) is 17.3. The lowest BCUT2D eigenvalue weighted by molar-refractivity contribution is -0.138. The number of hydrogen-bond donors (Lipinski definition) is 0. The van der Waals surface area contributed by atoms with Gasteiger partial charge in [-0.2, -0.15) is 13.2 Å². The Kier molecular flexibility index (Phi) is 5.08. The van der Waals surface area contributed by atoms with Crippen molar-refractivity contribution in [2.24, 2.45) is 0 Å². The van der Waals surface area contributed by atoms with Gasteiger partial charge < -0.3 is 4.90 Å². The molecule has 31 heavy (non-hydrogen) atoms. The van der Waals surface area contributed by atoms with E-state index < -0.39 is 11.7 Å². The normalized spacial score (nSPS) is 19.4. The van der Waals surface area contributed by atoms with Crippen LogP contribution in [0.2, 0.25) is 0 Å². The molecule has 1 spiro atoms. The van der Waals surface area contributed by atoms with Crippen molar-refractivity contribution >= 4 is 16.9 Å². The van der Waals surface area contributed by atoms with E-state index >= 15 is 0 Å². The molecule has 4 nitrogen and oxygen atoms in total. The molecule has 2 aromatic carbocycles. The van der Waals surface area contributed by atoms with Gasteiger partial charge in [-0.1, -0.05) is 30.3 Å². The van der Waals surface area contributed by atoms with E-state index in [0.29, 0.717) is 12.1 Å². The maximum Gasteiger partial charge on any atom is 0.416 e. The van der Waals surface area contributed by atoms with Gasteiger partial charge in [0.2, 0.25) is 0 Å². The van der Waals surface area contributed by atoms with Crippen LogP contribution < -0.4 is 4.90 Å². The van der Waals surface area contributed by atoms with Crippen LogP contribution in [0.15, 0.2) is 54.7 Å². The molecule has 2 saturated heterocycles. The van der Waals surface area contributed by atoms with Crippen LogP contribution in [0, 0.1) is 0 Å². The van der Waals surface area contributed by atoms with Gasteiger partial charge in [-0.3, -0.25) is 9.88 Å². The highest BCUT2D eigenvalue weighted by atomic mass is 19.4. The molecule has 0 amide bonds. The smallest absolute Gasteiger partial charge is 0.355 e. The summed E-state index contributed by atoms with van der Waals surface area (Å²) in [6, 6.07) is 13.8. The number of piperidine rings is 1. The van der Waals surface area contributed by atoms with Crippen molar-refractivity contribution in [3.8, 4) is 0 Å². The lowest BCUT2D eigenvalue weighted by Crippen LogP contribution is -2.52. The van der Waals surface area contributed by atoms with Crippen molar-refractivity contribution in [1.82, 2.24) is 14.9 Å². The standard InChI is InChI=1S/C24H25F3N4/c25-24(26,27)19-7-2-1-6-18(19)17-31-13-5-10-23(31)11-14-30(15-12-23)22-16-28-20-8-3-4-9-21(20)29-22/h1-4,6-9,16H,5,10-15,17H2. The Labute approximate surface area is 179 Å². The summed E-state index contributed by atoms with van der Waals surface area (Å²) in [7, 11) is 0. The Morgan fingerprint density at radius 2 is 1.58 bits per heavy atom. The first kappa shape index (κ1) is 20.2. The Balaban J connectivity index is 1.32. The van der Waals surface area contributed by atoms with Gasteiger partial charge in [0.1, 0.15) is 5.82 Å². The number of fused-ring (bicyclic) bond motifs is 1. The number of hydrogen-bond acceptors (Lipinski definition) is 4. The summed E-state index contributed by atoms with van der Waals surface area (Å²) in [6.07, 6.45) is 1.43. The fourth-order valence-electron chi connectivity index (χ4n) is 5.20. The molecule has 2 fully saturated rings. The molecule has 0 aliphatic carbocycles. The van der Waals surface area contributed by atoms with Crippen molar-refractivity contribution in [2.45, 2.75) is 43.9 Å². The fraction of sp³-hybridized carbons (Fsp3) is 0.417. The van der Waals surface area contributed by atoms with E-state index in [1.165, 1.54) is 12.1 Å². The van der Waals surface area contributed by atoms with Crippen molar-refractivity contribution < 1.29 is 13.2 Å². The van der Waals surface area contributed by atoms with E-state index in [1.807, 2.05) is 30.5 Å². The molecule has 2 aliphatic heterocycles. The second kappa shape index (κ2) is 7.79. The predicted octanol–water partition coefficient (Wildman–Crippen LogP) is 5.28. The molecule has 3 heterocycles. The van der Waals surface area contributed by atoms with Gasteiger partial charge in [-0.05, 0) is 56.0 Å². The van der Waals surface area contributed by atoms with Gasteiger partial charge in [-0.25, -0.2) is 4.98 Å². The van der Waals surface area contributed by atoms with Crippen LogP contribution in [0.25, 0.3) is 11.0 Å². The van der Waals surface area contributed by atoms with Gasteiger partial charge >= 0.3 is 6.18 Å². The van der Waals surface area contributed by atoms with Crippen LogP contribution >= 0.6 is 0 Å². The summed E-state index contributed by atoms with van der Waals surface area (Å²) in [6.45, 7) is 2.88. The van der Waals surface area contributed by atoms with Crippen LogP contribution in [0.1, 0.15) is 36.8 Å². The molecule has 162 valence electrons. The first-order valence-corrected chi connectivity index (χ1v) is 10.8. The highest BCUT2D eigenvalue weighted by molar-refractivity contribution is 5.75. The summed E-state index contributed by atoms with van der Waals surface area (Å²) in [5.74, 6) is 0.875. The van der Waals surface area contributed by atoms with E-state index in [2.05, 4.69) is 14.8 Å². The molecular formula is C24H25F3N4. The molecule has 7 heteroatoms. The second-order valence-corrected chi connectivity index (χ2v) is 8.61. The monoisotopic (exact) mass is 426 g/mol. The molecule has 0 bridgehead atoms. The minimum absolute atomic E-state index is 0.0283. The van der Waals surface area contributed by atoms with Crippen LogP contribution in [0.4, 0.5) is 19.0 Å². The SMILES string of the molecule is FC(F)(F)c1ccccc1CN1CCCC12CCN(c1cnc3ccccc3n1)CC2. The third-order valence-corrected chi connectivity index (χ3v) is 6.88. The van der Waals surface area contributed by atoms with Crippen molar-refractivity contribution in [3.63, 3.8) is 0 Å². The maximum absolute atomic E-state index is 13.5. The number of likely N-dealkylation sites (tertiary alicyclic amines) is 1. The number of aromatic nitrogens is 2. The Morgan fingerprint density at radius 1 is 0.871 bits per heavy atom. The van der Waals surface area contributed by atoms with E-state index in [4.69, 9.17) is 4.98 Å². The lowest BCUT2D eigenvalue weighted by Gasteiger charge is -2.45. The highest BCUT2D eigenvalue weighted by Crippen LogP contribution is 2.41. The molecule has 0 atom stereocenters. The van der Waals surface area contributed by atoms with Crippen LogP contribution in [0.5, 0.6) is 0 Å². The fourth-order valence-corrected chi connectivity index (χ4v) is 5.20. The summed E-state index contributed by atoms with van der Waals surface area (Å²) < 4.78 is 40.4. The van der Waals surface area contributed by atoms with E-state index in [9.17, 15) is 13.2 Å². The molecule has 2 aliphatic rings. The topological polar surface area (TPSA) is 32.3 Å². The summed E-state index contributed by atoms with van der Waals surface area (Å²) in [5.41, 5.74) is 1.59. The van der Waals surface area contributed by atoms with Crippen molar-refractivity contribution in [1.29, 1.82) is 0 Å². The zero-order chi connectivity index (χ0) is 21.5. The molecule has 0 radical (unpaired) electrons. The second-order valence-electron chi connectivity index (χ2n) is 8.61. The van der Waals surface area contributed by atoms with Gasteiger partial charge in [0.25, 0.3) is 0 Å². The number of benzene rings is 2. The number of alkyl halides is 3. The minimum atomic E-state index is -4.32. The summed E-state index contributed by atoms with van der Waals surface area (Å²) in [5, 5.41) is 0. The molecule has 0 N–H and O–H groups in total. The van der Waals surface area contributed by atoms with Gasteiger partial charge in [0.15, 0.2) is 0 Å². The number of halogens is 3. The van der Waals surface area contributed by atoms with Crippen LogP contribution in [-0.2, 0) is 12.7 Å². The Hall–Kier alpha value is -2.67. The average Bonchev–Trinajstić information content (AvgIpc) is 3.15. The van der Waals surface area contributed by atoms with E-state index in [-0.39, 0.29) is 5.54 Å². The number of nitrogens with zero attached hydrogens (tertiary/aromatic N) is 4. The first-order chi connectivity index (χ1) is 14.9. The molecule has 1 aromatic heterocycles. The number of anilines is 1. The molecule has 3 aromatic rings. The van der Waals surface area contributed by atoms with E-state index in [0.717, 1.165) is 62.2 Å². The van der Waals surface area contributed by atoms with E-state index in [1.54, 1.807) is 12.1 Å². The maximum atomic E-state index is 13.5. The first-order valence-electron chi connectivity index (χ1n) is 10.8. The number of para-hydroxylation sites is 2. The Bertz CT molecular complexity index is 1070. The molecular weight excluding hydrogens is 401 g/mol. The van der Waals surface area contributed by atoms with Gasteiger partial charge in [0, 0.05) is 25.2 Å².